The van der Waals surface area contributed by atoms with E-state index in [0.717, 1.165) is 22.6 Å². The molecule has 8 heteroatoms. The van der Waals surface area contributed by atoms with Gasteiger partial charge in [0, 0.05) is 10.6 Å². The van der Waals surface area contributed by atoms with Crippen molar-refractivity contribution in [2.45, 2.75) is 32.4 Å². The van der Waals surface area contributed by atoms with E-state index >= 15 is 0 Å². The van der Waals surface area contributed by atoms with E-state index in [1.165, 1.54) is 13.0 Å². The molecule has 30 heavy (non-hydrogen) atoms. The van der Waals surface area contributed by atoms with E-state index in [-0.39, 0.29) is 22.5 Å². The molecule has 1 aliphatic heterocycles. The smallest absolute Gasteiger partial charge is 0.325 e. The van der Waals surface area contributed by atoms with Crippen molar-refractivity contribution in [1.29, 1.82) is 0 Å². The zero-order valence-corrected chi connectivity index (χ0v) is 17.7. The highest BCUT2D eigenvalue weighted by molar-refractivity contribution is 6.32. The second-order valence-electron chi connectivity index (χ2n) is 7.77. The number of imide groups is 1. The Labute approximate surface area is 179 Å². The topological polar surface area (TPSA) is 78.5 Å². The normalized spacial score (nSPS) is 19.7. The summed E-state index contributed by atoms with van der Waals surface area (Å²) in [5.41, 5.74) is -0.295. The summed E-state index contributed by atoms with van der Waals surface area (Å²) in [4.78, 5) is 39.0. The summed E-state index contributed by atoms with van der Waals surface area (Å²) in [6.45, 7) is 4.98. The van der Waals surface area contributed by atoms with Crippen molar-refractivity contribution in [1.82, 2.24) is 15.5 Å². The number of benzene rings is 2. The summed E-state index contributed by atoms with van der Waals surface area (Å²) < 4.78 is 13.4. The van der Waals surface area contributed by atoms with Gasteiger partial charge in [0.15, 0.2) is 0 Å². The molecule has 0 aromatic heterocycles. The first-order valence-electron chi connectivity index (χ1n) is 9.57. The van der Waals surface area contributed by atoms with Crippen LogP contribution in [0.3, 0.4) is 0 Å². The van der Waals surface area contributed by atoms with Crippen LogP contribution in [0.2, 0.25) is 5.02 Å². The molecular weight excluding hydrogens is 409 g/mol. The maximum Gasteiger partial charge on any atom is 0.325 e. The highest BCUT2D eigenvalue weighted by Gasteiger charge is 2.50. The van der Waals surface area contributed by atoms with Crippen LogP contribution in [0.5, 0.6) is 0 Å². The fourth-order valence-electron chi connectivity index (χ4n) is 3.58. The van der Waals surface area contributed by atoms with Crippen LogP contribution in [0.4, 0.5) is 9.18 Å². The van der Waals surface area contributed by atoms with E-state index < -0.39 is 35.7 Å². The molecule has 1 saturated heterocycles. The Balaban J connectivity index is 1.77. The number of hydrogen-bond donors (Lipinski definition) is 2. The van der Waals surface area contributed by atoms with Gasteiger partial charge in [-0.25, -0.2) is 9.18 Å². The third kappa shape index (κ3) is 4.16. The molecule has 0 aliphatic carbocycles. The van der Waals surface area contributed by atoms with Crippen LogP contribution in [0.15, 0.2) is 48.5 Å². The van der Waals surface area contributed by atoms with E-state index in [1.54, 1.807) is 0 Å². The molecule has 2 unspecified atom stereocenters. The first-order chi connectivity index (χ1) is 14.1. The minimum atomic E-state index is -1.49. The number of hydrogen-bond acceptors (Lipinski definition) is 3. The van der Waals surface area contributed by atoms with Gasteiger partial charge in [0.05, 0.1) is 6.04 Å². The van der Waals surface area contributed by atoms with Gasteiger partial charge in [0.25, 0.3) is 5.91 Å². The molecule has 2 N–H and O–H groups in total. The van der Waals surface area contributed by atoms with Gasteiger partial charge in [-0.1, -0.05) is 61.8 Å². The number of carbonyl (C=O) groups is 3. The molecule has 158 valence electrons. The van der Waals surface area contributed by atoms with Gasteiger partial charge in [-0.2, -0.15) is 0 Å². The van der Waals surface area contributed by atoms with Crippen LogP contribution in [-0.2, 0) is 15.1 Å². The number of nitrogens with zero attached hydrogens (tertiary/aromatic N) is 1. The second kappa shape index (κ2) is 8.44. The molecule has 3 rings (SSSR count). The van der Waals surface area contributed by atoms with Gasteiger partial charge in [0.2, 0.25) is 5.91 Å². The second-order valence-corrected chi connectivity index (χ2v) is 8.18. The molecule has 4 amide bonds. The van der Waals surface area contributed by atoms with Crippen molar-refractivity contribution >= 4 is 29.4 Å². The lowest BCUT2D eigenvalue weighted by atomic mass is 9.92. The van der Waals surface area contributed by atoms with Crippen molar-refractivity contribution in [2.75, 3.05) is 6.54 Å². The monoisotopic (exact) mass is 431 g/mol. The van der Waals surface area contributed by atoms with Gasteiger partial charge in [0.1, 0.15) is 17.9 Å². The maximum absolute atomic E-state index is 13.4. The Kier molecular flexibility index (Phi) is 6.12. The molecule has 2 atom stereocenters. The lowest BCUT2D eigenvalue weighted by molar-refractivity contribution is -0.135. The van der Waals surface area contributed by atoms with Crippen molar-refractivity contribution in [3.05, 3.63) is 70.5 Å². The molecule has 0 bridgehead atoms. The van der Waals surface area contributed by atoms with E-state index in [9.17, 15) is 18.8 Å². The SMILES string of the molecule is CC(C)C(NC(=O)CN1C(=O)NC(C)(c2ccc(F)cc2Cl)C1=O)c1ccccc1. The third-order valence-corrected chi connectivity index (χ3v) is 5.50. The number of amides is 4. The lowest BCUT2D eigenvalue weighted by Gasteiger charge is -2.25. The summed E-state index contributed by atoms with van der Waals surface area (Å²) in [6, 6.07) is 12.1. The van der Waals surface area contributed by atoms with Gasteiger partial charge >= 0.3 is 6.03 Å². The Morgan fingerprint density at radius 2 is 1.87 bits per heavy atom. The molecule has 2 aromatic carbocycles. The van der Waals surface area contributed by atoms with Gasteiger partial charge in [-0.3, -0.25) is 14.5 Å². The van der Waals surface area contributed by atoms with Crippen molar-refractivity contribution in [3.8, 4) is 0 Å². The van der Waals surface area contributed by atoms with Crippen molar-refractivity contribution in [2.24, 2.45) is 5.92 Å². The molecule has 1 aliphatic rings. The largest absolute Gasteiger partial charge is 0.347 e. The van der Waals surface area contributed by atoms with Crippen LogP contribution in [0.1, 0.15) is 37.9 Å². The average Bonchev–Trinajstić information content (AvgIpc) is 2.90. The Morgan fingerprint density at radius 3 is 2.47 bits per heavy atom. The van der Waals surface area contributed by atoms with E-state index in [2.05, 4.69) is 10.6 Å². The summed E-state index contributed by atoms with van der Waals surface area (Å²) in [5, 5.41) is 5.48. The van der Waals surface area contributed by atoms with Crippen LogP contribution in [0.25, 0.3) is 0 Å². The zero-order valence-electron chi connectivity index (χ0n) is 16.9. The fraction of sp³-hybridized carbons (Fsp3) is 0.318. The summed E-state index contributed by atoms with van der Waals surface area (Å²) >= 11 is 6.10. The number of rotatable bonds is 6. The van der Waals surface area contributed by atoms with Crippen LogP contribution in [-0.4, -0.2) is 29.3 Å². The lowest BCUT2D eigenvalue weighted by Crippen LogP contribution is -2.44. The molecule has 0 saturated carbocycles. The van der Waals surface area contributed by atoms with Gasteiger partial charge in [-0.15, -0.1) is 0 Å². The standard InChI is InChI=1S/C22H23ClFN3O3/c1-13(2)19(14-7-5-4-6-8-14)25-18(28)12-27-20(29)22(3,26-21(27)30)16-10-9-15(24)11-17(16)23/h4-11,13,19H,12H2,1-3H3,(H,25,28)(H,26,30). The molecule has 0 radical (unpaired) electrons. The highest BCUT2D eigenvalue weighted by atomic mass is 35.5. The fourth-order valence-corrected chi connectivity index (χ4v) is 3.93. The Hall–Kier alpha value is -2.93. The third-order valence-electron chi connectivity index (χ3n) is 5.19. The number of halogens is 2. The molecular formula is C22H23ClFN3O3. The first kappa shape index (κ1) is 21.8. The molecule has 1 fully saturated rings. The van der Waals surface area contributed by atoms with Crippen LogP contribution >= 0.6 is 11.6 Å². The zero-order chi connectivity index (χ0) is 22.1. The van der Waals surface area contributed by atoms with Crippen molar-refractivity contribution in [3.63, 3.8) is 0 Å². The summed E-state index contributed by atoms with van der Waals surface area (Å²) in [5.74, 6) is -1.55. The molecule has 1 heterocycles. The van der Waals surface area contributed by atoms with Crippen LogP contribution in [0, 0.1) is 11.7 Å². The first-order valence-corrected chi connectivity index (χ1v) is 9.95. The minimum Gasteiger partial charge on any atom is -0.347 e. The average molecular weight is 432 g/mol. The Morgan fingerprint density at radius 1 is 1.20 bits per heavy atom. The minimum absolute atomic E-state index is 0.0152. The molecule has 0 spiro atoms. The van der Waals surface area contributed by atoms with E-state index in [1.807, 2.05) is 44.2 Å². The highest BCUT2D eigenvalue weighted by Crippen LogP contribution is 2.34. The quantitative estimate of drug-likeness (QED) is 0.683. The number of urea groups is 1. The predicted molar refractivity (Wildman–Crippen MR) is 111 cm³/mol. The molecule has 2 aromatic rings. The van der Waals surface area contributed by atoms with E-state index in [0.29, 0.717) is 0 Å². The van der Waals surface area contributed by atoms with Crippen LogP contribution < -0.4 is 10.6 Å². The van der Waals surface area contributed by atoms with E-state index in [4.69, 9.17) is 11.6 Å². The maximum atomic E-state index is 13.4. The predicted octanol–water partition coefficient (Wildman–Crippen LogP) is 3.76. The number of carbonyl (C=O) groups excluding carboxylic acids is 3. The van der Waals surface area contributed by atoms with Gasteiger partial charge < -0.3 is 10.6 Å². The van der Waals surface area contributed by atoms with Crippen molar-refractivity contribution < 1.29 is 18.8 Å². The summed E-state index contributed by atoms with van der Waals surface area (Å²) in [6.07, 6.45) is 0. The molecule has 6 nitrogen and oxygen atoms in total. The Bertz CT molecular complexity index is 983. The summed E-state index contributed by atoms with van der Waals surface area (Å²) in [7, 11) is 0. The van der Waals surface area contributed by atoms with Gasteiger partial charge in [-0.05, 0) is 30.5 Å². The number of nitrogens with one attached hydrogen (secondary N) is 2.